The van der Waals surface area contributed by atoms with Gasteiger partial charge in [-0.3, -0.25) is 0 Å². The van der Waals surface area contributed by atoms with Gasteiger partial charge in [0.25, 0.3) is 0 Å². The molecule has 18 heavy (non-hydrogen) atoms. The molecule has 4 nitrogen and oxygen atoms in total. The predicted octanol–water partition coefficient (Wildman–Crippen LogP) is 1.76. The third kappa shape index (κ3) is 2.39. The van der Waals surface area contributed by atoms with E-state index in [1.807, 2.05) is 20.3 Å². The third-order valence-electron chi connectivity index (χ3n) is 4.24. The van der Waals surface area contributed by atoms with Crippen LogP contribution in [0.4, 0.5) is 5.95 Å². The summed E-state index contributed by atoms with van der Waals surface area (Å²) in [5.41, 5.74) is 1.28. The zero-order valence-electron chi connectivity index (χ0n) is 11.7. The van der Waals surface area contributed by atoms with E-state index >= 15 is 0 Å². The second kappa shape index (κ2) is 4.57. The Morgan fingerprint density at radius 3 is 2.39 bits per heavy atom. The minimum absolute atomic E-state index is 0.766. The van der Waals surface area contributed by atoms with Crippen molar-refractivity contribution in [3.63, 3.8) is 0 Å². The summed E-state index contributed by atoms with van der Waals surface area (Å²) in [6.45, 7) is 0.953. The van der Waals surface area contributed by atoms with Crippen molar-refractivity contribution in [2.45, 2.75) is 38.3 Å². The van der Waals surface area contributed by atoms with Crippen molar-refractivity contribution in [1.29, 1.82) is 0 Å². The summed E-state index contributed by atoms with van der Waals surface area (Å²) in [5, 5.41) is 3.77. The van der Waals surface area contributed by atoms with Gasteiger partial charge in [0.15, 0.2) is 0 Å². The number of imidazole rings is 1. The largest absolute Gasteiger partial charge is 0.348 e. The van der Waals surface area contributed by atoms with E-state index in [0.717, 1.165) is 30.4 Å². The fourth-order valence-corrected chi connectivity index (χ4v) is 2.86. The van der Waals surface area contributed by atoms with Crippen LogP contribution in [-0.4, -0.2) is 29.7 Å². The summed E-state index contributed by atoms with van der Waals surface area (Å²) >= 11 is 0. The number of aromatic nitrogens is 2. The summed E-state index contributed by atoms with van der Waals surface area (Å²) in [5.74, 6) is 2.94. The molecular weight excluding hydrogens is 224 g/mol. The Bertz CT molecular complexity index is 403. The standard InChI is InChI=1S/C14H24N4/c1-17(2)14-16-9-12(18(14)3)8-15-13(10-4-5-10)11-6-7-11/h9-11,13,15H,4-8H2,1-3H3. The number of anilines is 1. The van der Waals surface area contributed by atoms with Crippen molar-refractivity contribution < 1.29 is 0 Å². The number of nitrogens with zero attached hydrogens (tertiary/aromatic N) is 3. The van der Waals surface area contributed by atoms with Gasteiger partial charge in [0, 0.05) is 33.7 Å². The second-order valence-electron chi connectivity index (χ2n) is 6.08. The quantitative estimate of drug-likeness (QED) is 0.833. The average Bonchev–Trinajstić information content (AvgIpc) is 3.21. The lowest BCUT2D eigenvalue weighted by molar-refractivity contribution is 0.411. The SMILES string of the molecule is CN(C)c1ncc(CNC(C2CC2)C2CC2)n1C. The van der Waals surface area contributed by atoms with E-state index in [1.54, 1.807) is 0 Å². The maximum atomic E-state index is 4.46. The smallest absolute Gasteiger partial charge is 0.204 e. The predicted molar refractivity (Wildman–Crippen MR) is 73.6 cm³/mol. The molecule has 3 rings (SSSR count). The van der Waals surface area contributed by atoms with Crippen molar-refractivity contribution in [3.8, 4) is 0 Å². The van der Waals surface area contributed by atoms with Crippen LogP contribution in [0.3, 0.4) is 0 Å². The zero-order valence-corrected chi connectivity index (χ0v) is 11.7. The number of nitrogens with one attached hydrogen (secondary N) is 1. The van der Waals surface area contributed by atoms with E-state index in [9.17, 15) is 0 Å². The molecule has 2 saturated carbocycles. The highest BCUT2D eigenvalue weighted by Gasteiger charge is 2.41. The Kier molecular flexibility index (Phi) is 3.06. The van der Waals surface area contributed by atoms with Gasteiger partial charge in [0.1, 0.15) is 0 Å². The molecule has 2 aliphatic carbocycles. The zero-order chi connectivity index (χ0) is 12.7. The Balaban J connectivity index is 1.61. The lowest BCUT2D eigenvalue weighted by Crippen LogP contribution is -2.33. The van der Waals surface area contributed by atoms with Gasteiger partial charge in [0.2, 0.25) is 5.95 Å². The van der Waals surface area contributed by atoms with Crippen LogP contribution in [0.2, 0.25) is 0 Å². The monoisotopic (exact) mass is 248 g/mol. The normalized spacial score (nSPS) is 19.6. The van der Waals surface area contributed by atoms with E-state index in [0.29, 0.717) is 0 Å². The van der Waals surface area contributed by atoms with Crippen molar-refractivity contribution >= 4 is 5.95 Å². The first-order valence-electron chi connectivity index (χ1n) is 7.08. The number of hydrogen-bond acceptors (Lipinski definition) is 3. The van der Waals surface area contributed by atoms with Gasteiger partial charge in [-0.2, -0.15) is 0 Å². The van der Waals surface area contributed by atoms with Gasteiger partial charge in [0.05, 0.1) is 11.9 Å². The van der Waals surface area contributed by atoms with Crippen LogP contribution in [-0.2, 0) is 13.6 Å². The van der Waals surface area contributed by atoms with Crippen LogP contribution in [0.15, 0.2) is 6.20 Å². The van der Waals surface area contributed by atoms with Gasteiger partial charge >= 0.3 is 0 Å². The van der Waals surface area contributed by atoms with E-state index in [-0.39, 0.29) is 0 Å². The summed E-state index contributed by atoms with van der Waals surface area (Å²) in [7, 11) is 6.18. The van der Waals surface area contributed by atoms with E-state index in [2.05, 4.69) is 26.8 Å². The van der Waals surface area contributed by atoms with Crippen LogP contribution in [0, 0.1) is 11.8 Å². The van der Waals surface area contributed by atoms with Crippen molar-refractivity contribution in [2.24, 2.45) is 18.9 Å². The van der Waals surface area contributed by atoms with Crippen LogP contribution in [0.5, 0.6) is 0 Å². The molecule has 0 spiro atoms. The highest BCUT2D eigenvalue weighted by Crippen LogP contribution is 2.44. The molecule has 1 aromatic heterocycles. The molecule has 0 unspecified atom stereocenters. The Labute approximate surface area is 109 Å². The molecule has 0 amide bonds. The van der Waals surface area contributed by atoms with Gasteiger partial charge < -0.3 is 14.8 Å². The molecule has 1 N–H and O–H groups in total. The first-order valence-corrected chi connectivity index (χ1v) is 7.08. The van der Waals surface area contributed by atoms with Gasteiger partial charge in [-0.25, -0.2) is 4.98 Å². The van der Waals surface area contributed by atoms with E-state index in [4.69, 9.17) is 0 Å². The fraction of sp³-hybridized carbons (Fsp3) is 0.786. The molecule has 0 radical (unpaired) electrons. The van der Waals surface area contributed by atoms with Crippen LogP contribution in [0.1, 0.15) is 31.4 Å². The molecule has 2 aliphatic rings. The van der Waals surface area contributed by atoms with Gasteiger partial charge in [-0.15, -0.1) is 0 Å². The molecule has 0 aromatic carbocycles. The van der Waals surface area contributed by atoms with Crippen LogP contribution < -0.4 is 10.2 Å². The molecule has 0 bridgehead atoms. The average molecular weight is 248 g/mol. The molecule has 2 fully saturated rings. The summed E-state index contributed by atoms with van der Waals surface area (Å²) < 4.78 is 2.18. The Hall–Kier alpha value is -1.03. The minimum atomic E-state index is 0.766. The Morgan fingerprint density at radius 2 is 1.94 bits per heavy atom. The lowest BCUT2D eigenvalue weighted by Gasteiger charge is -2.18. The number of hydrogen-bond donors (Lipinski definition) is 1. The molecule has 0 aliphatic heterocycles. The highest BCUT2D eigenvalue weighted by molar-refractivity contribution is 5.30. The first kappa shape index (κ1) is 12.0. The first-order chi connectivity index (χ1) is 8.66. The molecule has 1 aromatic rings. The van der Waals surface area contributed by atoms with Crippen molar-refractivity contribution in [2.75, 3.05) is 19.0 Å². The number of rotatable bonds is 6. The highest BCUT2D eigenvalue weighted by atomic mass is 15.3. The van der Waals surface area contributed by atoms with E-state index < -0.39 is 0 Å². The van der Waals surface area contributed by atoms with Gasteiger partial charge in [-0.1, -0.05) is 0 Å². The van der Waals surface area contributed by atoms with Crippen molar-refractivity contribution in [1.82, 2.24) is 14.9 Å². The maximum Gasteiger partial charge on any atom is 0.204 e. The molecular formula is C14H24N4. The molecule has 0 saturated heterocycles. The molecule has 4 heteroatoms. The van der Waals surface area contributed by atoms with Gasteiger partial charge in [-0.05, 0) is 37.5 Å². The topological polar surface area (TPSA) is 33.1 Å². The fourth-order valence-electron chi connectivity index (χ4n) is 2.86. The minimum Gasteiger partial charge on any atom is -0.348 e. The summed E-state index contributed by atoms with van der Waals surface area (Å²) in [4.78, 5) is 6.52. The summed E-state index contributed by atoms with van der Waals surface area (Å²) in [6.07, 6.45) is 7.73. The van der Waals surface area contributed by atoms with Crippen LogP contribution in [0.25, 0.3) is 0 Å². The maximum absolute atomic E-state index is 4.46. The van der Waals surface area contributed by atoms with Crippen LogP contribution >= 0.6 is 0 Å². The molecule has 100 valence electrons. The molecule has 0 atom stereocenters. The van der Waals surface area contributed by atoms with Crippen molar-refractivity contribution in [3.05, 3.63) is 11.9 Å². The lowest BCUT2D eigenvalue weighted by atomic mass is 10.1. The van der Waals surface area contributed by atoms with E-state index in [1.165, 1.54) is 31.4 Å². The third-order valence-corrected chi connectivity index (χ3v) is 4.24. The second-order valence-corrected chi connectivity index (χ2v) is 6.08. The Morgan fingerprint density at radius 1 is 1.33 bits per heavy atom. The summed E-state index contributed by atoms with van der Waals surface area (Å²) in [6, 6.07) is 0.766. The molecule has 1 heterocycles.